The van der Waals surface area contributed by atoms with Gasteiger partial charge >= 0.3 is 0 Å². The number of Topliss-reactive ketones (excluding diaryl/α,β-unsaturated/α-hetero) is 1. The summed E-state index contributed by atoms with van der Waals surface area (Å²) in [6.07, 6.45) is 3.95. The van der Waals surface area contributed by atoms with Gasteiger partial charge in [0.25, 0.3) is 0 Å². The van der Waals surface area contributed by atoms with Crippen molar-refractivity contribution in [2.75, 3.05) is 0 Å². The Morgan fingerprint density at radius 3 is 3.00 bits per heavy atom. The van der Waals surface area contributed by atoms with Crippen molar-refractivity contribution >= 4 is 17.4 Å². The van der Waals surface area contributed by atoms with E-state index in [1.54, 1.807) is 17.8 Å². The van der Waals surface area contributed by atoms with Crippen LogP contribution in [0, 0.1) is 0 Å². The average Bonchev–Trinajstić information content (AvgIpc) is 2.65. The SMILES string of the molecule is CC(=O)Cc1cnn(-c2cccc(Cl)c2)c1. The van der Waals surface area contributed by atoms with Crippen molar-refractivity contribution in [3.8, 4) is 5.69 Å². The zero-order chi connectivity index (χ0) is 11.5. The summed E-state index contributed by atoms with van der Waals surface area (Å²) in [5.41, 5.74) is 1.80. The molecule has 0 saturated carbocycles. The van der Waals surface area contributed by atoms with Crippen molar-refractivity contribution in [1.29, 1.82) is 0 Å². The number of ketones is 1. The van der Waals surface area contributed by atoms with Crippen molar-refractivity contribution in [3.05, 3.63) is 47.2 Å². The molecule has 0 fully saturated rings. The van der Waals surface area contributed by atoms with Crippen LogP contribution in [-0.4, -0.2) is 15.6 Å². The van der Waals surface area contributed by atoms with Gasteiger partial charge in [0.05, 0.1) is 11.9 Å². The second-order valence-electron chi connectivity index (χ2n) is 3.65. The Hall–Kier alpha value is -1.61. The van der Waals surface area contributed by atoms with E-state index in [9.17, 15) is 4.79 Å². The molecule has 0 N–H and O–H groups in total. The van der Waals surface area contributed by atoms with Gasteiger partial charge in [-0.05, 0) is 30.7 Å². The van der Waals surface area contributed by atoms with Crippen LogP contribution in [0.3, 0.4) is 0 Å². The molecule has 0 aliphatic rings. The molecule has 1 aromatic heterocycles. The minimum Gasteiger partial charge on any atom is -0.300 e. The molecular weight excluding hydrogens is 224 g/mol. The number of nitrogens with zero attached hydrogens (tertiary/aromatic N) is 2. The maximum atomic E-state index is 11.0. The molecule has 0 spiro atoms. The summed E-state index contributed by atoms with van der Waals surface area (Å²) in [7, 11) is 0. The van der Waals surface area contributed by atoms with Crippen LogP contribution >= 0.6 is 11.6 Å². The first kappa shape index (κ1) is 10.9. The highest BCUT2D eigenvalue weighted by Gasteiger charge is 2.03. The third-order valence-electron chi connectivity index (χ3n) is 2.16. The van der Waals surface area contributed by atoms with Crippen molar-refractivity contribution in [3.63, 3.8) is 0 Å². The Morgan fingerprint density at radius 2 is 2.31 bits per heavy atom. The summed E-state index contributed by atoms with van der Waals surface area (Å²) < 4.78 is 1.71. The van der Waals surface area contributed by atoms with Crippen molar-refractivity contribution in [2.24, 2.45) is 0 Å². The van der Waals surface area contributed by atoms with E-state index in [0.717, 1.165) is 11.3 Å². The zero-order valence-electron chi connectivity index (χ0n) is 8.85. The minimum absolute atomic E-state index is 0.130. The molecular formula is C12H11ClN2O. The molecule has 0 atom stereocenters. The molecule has 3 nitrogen and oxygen atoms in total. The average molecular weight is 235 g/mol. The number of hydrogen-bond acceptors (Lipinski definition) is 2. The number of halogens is 1. The van der Waals surface area contributed by atoms with Gasteiger partial charge in [-0.25, -0.2) is 4.68 Å². The summed E-state index contributed by atoms with van der Waals surface area (Å²) in [5, 5.41) is 4.85. The highest BCUT2D eigenvalue weighted by molar-refractivity contribution is 6.30. The second kappa shape index (κ2) is 4.49. The lowest BCUT2D eigenvalue weighted by molar-refractivity contribution is -0.116. The number of benzene rings is 1. The lowest BCUT2D eigenvalue weighted by Gasteiger charge is -2.00. The molecule has 0 unspecified atom stereocenters. The van der Waals surface area contributed by atoms with Crippen LogP contribution in [0.1, 0.15) is 12.5 Å². The Balaban J connectivity index is 2.28. The Labute approximate surface area is 98.7 Å². The van der Waals surface area contributed by atoms with E-state index in [-0.39, 0.29) is 5.78 Å². The molecule has 2 aromatic rings. The normalized spacial score (nSPS) is 10.4. The summed E-state index contributed by atoms with van der Waals surface area (Å²) >= 11 is 5.89. The molecule has 16 heavy (non-hydrogen) atoms. The smallest absolute Gasteiger partial charge is 0.134 e. The van der Waals surface area contributed by atoms with Gasteiger partial charge < -0.3 is 0 Å². The number of carbonyl (C=O) groups is 1. The molecule has 0 amide bonds. The predicted molar refractivity (Wildman–Crippen MR) is 63.0 cm³/mol. The minimum atomic E-state index is 0.130. The van der Waals surface area contributed by atoms with Gasteiger partial charge in [0.15, 0.2) is 0 Å². The van der Waals surface area contributed by atoms with Gasteiger partial charge in [0.1, 0.15) is 5.78 Å². The topological polar surface area (TPSA) is 34.9 Å². The quantitative estimate of drug-likeness (QED) is 0.819. The Kier molecular flexibility index (Phi) is 3.06. The first-order valence-corrected chi connectivity index (χ1v) is 5.32. The Morgan fingerprint density at radius 1 is 1.50 bits per heavy atom. The van der Waals surface area contributed by atoms with Gasteiger partial charge in [-0.15, -0.1) is 0 Å². The highest BCUT2D eigenvalue weighted by atomic mass is 35.5. The summed E-state index contributed by atoms with van der Waals surface area (Å²) in [6, 6.07) is 7.41. The molecule has 4 heteroatoms. The fourth-order valence-electron chi connectivity index (χ4n) is 1.50. The van der Waals surface area contributed by atoms with Gasteiger partial charge in [0.2, 0.25) is 0 Å². The predicted octanol–water partition coefficient (Wildman–Crippen LogP) is 2.66. The number of hydrogen-bond donors (Lipinski definition) is 0. The van der Waals surface area contributed by atoms with Crippen LogP contribution in [-0.2, 0) is 11.2 Å². The largest absolute Gasteiger partial charge is 0.300 e. The van der Waals surface area contributed by atoms with E-state index in [1.165, 1.54) is 0 Å². The first-order valence-electron chi connectivity index (χ1n) is 4.94. The first-order chi connectivity index (χ1) is 7.65. The fraction of sp³-hybridized carbons (Fsp3) is 0.167. The molecule has 1 heterocycles. The van der Waals surface area contributed by atoms with Crippen LogP contribution in [0.4, 0.5) is 0 Å². The van der Waals surface area contributed by atoms with E-state index < -0.39 is 0 Å². The summed E-state index contributed by atoms with van der Waals surface area (Å²) in [4.78, 5) is 11.0. The fourth-order valence-corrected chi connectivity index (χ4v) is 1.68. The number of rotatable bonds is 3. The second-order valence-corrected chi connectivity index (χ2v) is 4.09. The van der Waals surface area contributed by atoms with Crippen LogP contribution < -0.4 is 0 Å². The maximum absolute atomic E-state index is 11.0. The molecule has 0 aliphatic carbocycles. The van der Waals surface area contributed by atoms with E-state index >= 15 is 0 Å². The van der Waals surface area contributed by atoms with Crippen LogP contribution in [0.5, 0.6) is 0 Å². The monoisotopic (exact) mass is 234 g/mol. The third-order valence-corrected chi connectivity index (χ3v) is 2.40. The molecule has 1 aromatic carbocycles. The van der Waals surface area contributed by atoms with Crippen LogP contribution in [0.25, 0.3) is 5.69 Å². The molecule has 0 bridgehead atoms. The zero-order valence-corrected chi connectivity index (χ0v) is 9.61. The molecule has 0 aliphatic heterocycles. The number of aromatic nitrogens is 2. The van der Waals surface area contributed by atoms with Crippen molar-refractivity contribution in [1.82, 2.24) is 9.78 Å². The van der Waals surface area contributed by atoms with Gasteiger partial charge in [0, 0.05) is 17.6 Å². The van der Waals surface area contributed by atoms with E-state index in [0.29, 0.717) is 11.4 Å². The van der Waals surface area contributed by atoms with Gasteiger partial charge in [-0.3, -0.25) is 4.79 Å². The molecule has 2 rings (SSSR count). The van der Waals surface area contributed by atoms with Gasteiger partial charge in [-0.2, -0.15) is 5.10 Å². The van der Waals surface area contributed by atoms with E-state index in [2.05, 4.69) is 5.10 Å². The van der Waals surface area contributed by atoms with E-state index in [1.807, 2.05) is 30.5 Å². The standard InChI is InChI=1S/C12H11ClN2O/c1-9(16)5-10-7-14-15(8-10)12-4-2-3-11(13)6-12/h2-4,6-8H,5H2,1H3. The molecule has 0 saturated heterocycles. The lowest BCUT2D eigenvalue weighted by atomic mass is 10.2. The number of carbonyl (C=O) groups excluding carboxylic acids is 1. The highest BCUT2D eigenvalue weighted by Crippen LogP contribution is 2.14. The van der Waals surface area contributed by atoms with Crippen molar-refractivity contribution in [2.45, 2.75) is 13.3 Å². The lowest BCUT2D eigenvalue weighted by Crippen LogP contribution is -1.95. The van der Waals surface area contributed by atoms with Gasteiger partial charge in [-0.1, -0.05) is 17.7 Å². The molecule has 82 valence electrons. The molecule has 0 radical (unpaired) electrons. The summed E-state index contributed by atoms with van der Waals surface area (Å²) in [6.45, 7) is 1.57. The third kappa shape index (κ3) is 2.49. The van der Waals surface area contributed by atoms with Crippen molar-refractivity contribution < 1.29 is 4.79 Å². The maximum Gasteiger partial charge on any atom is 0.134 e. The van der Waals surface area contributed by atoms with E-state index in [4.69, 9.17) is 11.6 Å². The summed E-state index contributed by atoms with van der Waals surface area (Å²) in [5.74, 6) is 0.130. The Bertz CT molecular complexity index is 519. The van der Waals surface area contributed by atoms with Crippen LogP contribution in [0.15, 0.2) is 36.7 Å². The van der Waals surface area contributed by atoms with Crippen LogP contribution in [0.2, 0.25) is 5.02 Å².